The van der Waals surface area contributed by atoms with Crippen LogP contribution in [0.25, 0.3) is 0 Å². The van der Waals surface area contributed by atoms with Crippen molar-refractivity contribution in [3.05, 3.63) is 118 Å². The van der Waals surface area contributed by atoms with Gasteiger partial charge in [-0.3, -0.25) is 0 Å². The first kappa shape index (κ1) is 30.3. The third-order valence-electron chi connectivity index (χ3n) is 6.77. The molecular formula is C33H33ClN4O4S. The number of nitrogens with one attached hydrogen (secondary N) is 1. The van der Waals surface area contributed by atoms with Crippen molar-refractivity contribution in [3.63, 3.8) is 0 Å². The van der Waals surface area contributed by atoms with E-state index in [0.717, 1.165) is 17.5 Å². The van der Waals surface area contributed by atoms with Gasteiger partial charge in [0.25, 0.3) is 0 Å². The molecule has 5 rings (SSSR count). The summed E-state index contributed by atoms with van der Waals surface area (Å²) in [6.45, 7) is 8.45. The van der Waals surface area contributed by atoms with Gasteiger partial charge < -0.3 is 19.5 Å². The number of hydrogen-bond acceptors (Lipinski definition) is 8. The van der Waals surface area contributed by atoms with E-state index in [-0.39, 0.29) is 6.61 Å². The highest BCUT2D eigenvalue weighted by molar-refractivity contribution is 7.98. The molecule has 3 aromatic carbocycles. The van der Waals surface area contributed by atoms with Crippen LogP contribution in [0.4, 0.5) is 5.95 Å². The second-order valence-corrected chi connectivity index (χ2v) is 11.1. The number of fused-ring (bicyclic) bond motifs is 1. The first-order valence-electron chi connectivity index (χ1n) is 14.0. The predicted octanol–water partition coefficient (Wildman–Crippen LogP) is 7.26. The highest BCUT2D eigenvalue weighted by atomic mass is 35.5. The van der Waals surface area contributed by atoms with Crippen LogP contribution in [-0.2, 0) is 21.7 Å². The lowest BCUT2D eigenvalue weighted by Crippen LogP contribution is -2.29. The Kier molecular flexibility index (Phi) is 10.1. The molecule has 1 aromatic heterocycles. The molecule has 8 nitrogen and oxygen atoms in total. The number of allylic oxidation sites excluding steroid dienone is 1. The minimum absolute atomic E-state index is 0.0872. The Morgan fingerprint density at radius 1 is 1.09 bits per heavy atom. The summed E-state index contributed by atoms with van der Waals surface area (Å²) >= 11 is 7.83. The fourth-order valence-electron chi connectivity index (χ4n) is 4.74. The number of thioether (sulfide) groups is 1. The van der Waals surface area contributed by atoms with Crippen LogP contribution in [0.3, 0.4) is 0 Å². The summed E-state index contributed by atoms with van der Waals surface area (Å²) in [7, 11) is 0. The number of carbonyl (C=O) groups is 1. The molecule has 1 aliphatic heterocycles. The van der Waals surface area contributed by atoms with E-state index >= 15 is 0 Å². The Hall–Kier alpha value is -4.21. The molecule has 0 bridgehead atoms. The lowest BCUT2D eigenvalue weighted by atomic mass is 9.95. The second-order valence-electron chi connectivity index (χ2n) is 9.72. The van der Waals surface area contributed by atoms with E-state index in [2.05, 4.69) is 24.0 Å². The van der Waals surface area contributed by atoms with Crippen molar-refractivity contribution in [2.75, 3.05) is 25.1 Å². The molecule has 222 valence electrons. The summed E-state index contributed by atoms with van der Waals surface area (Å²) in [4.78, 5) is 18.1. The second kappa shape index (κ2) is 14.3. The van der Waals surface area contributed by atoms with Crippen molar-refractivity contribution in [3.8, 4) is 11.5 Å². The molecule has 1 atom stereocenters. The molecule has 0 aliphatic carbocycles. The number of rotatable bonds is 13. The first-order chi connectivity index (χ1) is 21.0. The summed E-state index contributed by atoms with van der Waals surface area (Å²) in [6, 6.07) is 22.9. The van der Waals surface area contributed by atoms with Crippen molar-refractivity contribution in [2.45, 2.75) is 37.2 Å². The van der Waals surface area contributed by atoms with Crippen LogP contribution in [0.15, 0.2) is 102 Å². The van der Waals surface area contributed by atoms with Gasteiger partial charge in [0.1, 0.15) is 12.6 Å². The smallest absolute Gasteiger partial charge is 0.338 e. The summed E-state index contributed by atoms with van der Waals surface area (Å²) in [5, 5.41) is 9.29. The van der Waals surface area contributed by atoms with Crippen LogP contribution < -0.4 is 14.8 Å². The van der Waals surface area contributed by atoms with Gasteiger partial charge in [0, 0.05) is 22.9 Å². The largest absolute Gasteiger partial charge is 0.490 e. The molecule has 1 N–H and O–H groups in total. The Morgan fingerprint density at radius 3 is 2.65 bits per heavy atom. The van der Waals surface area contributed by atoms with Crippen LogP contribution in [-0.4, -0.2) is 40.6 Å². The van der Waals surface area contributed by atoms with Crippen molar-refractivity contribution in [1.29, 1.82) is 0 Å². The number of anilines is 1. The lowest BCUT2D eigenvalue weighted by molar-refractivity contribution is -0.138. The van der Waals surface area contributed by atoms with Crippen molar-refractivity contribution < 1.29 is 19.0 Å². The van der Waals surface area contributed by atoms with Gasteiger partial charge in [0.05, 0.1) is 18.8 Å². The molecule has 0 amide bonds. The lowest BCUT2D eigenvalue weighted by Gasteiger charge is -2.28. The van der Waals surface area contributed by atoms with Gasteiger partial charge >= 0.3 is 5.97 Å². The number of halogens is 1. The minimum Gasteiger partial charge on any atom is -0.490 e. The molecule has 1 aliphatic rings. The number of ether oxygens (including phenoxy) is 3. The zero-order chi connectivity index (χ0) is 30.2. The molecule has 1 unspecified atom stereocenters. The predicted molar refractivity (Wildman–Crippen MR) is 170 cm³/mol. The van der Waals surface area contributed by atoms with Gasteiger partial charge in [-0.2, -0.15) is 4.98 Å². The topological polar surface area (TPSA) is 87.5 Å². The maximum Gasteiger partial charge on any atom is 0.338 e. The maximum atomic E-state index is 13.4. The van der Waals surface area contributed by atoms with Gasteiger partial charge in [0.2, 0.25) is 11.1 Å². The number of hydrogen-bond donors (Lipinski definition) is 1. The third-order valence-corrected chi connectivity index (χ3v) is 8.03. The maximum absolute atomic E-state index is 13.4. The molecule has 0 fully saturated rings. The van der Waals surface area contributed by atoms with Crippen molar-refractivity contribution in [2.24, 2.45) is 0 Å². The van der Waals surface area contributed by atoms with E-state index in [9.17, 15) is 4.79 Å². The van der Waals surface area contributed by atoms with Crippen molar-refractivity contribution >= 4 is 35.3 Å². The zero-order valence-electron chi connectivity index (χ0n) is 24.1. The molecule has 2 heterocycles. The molecule has 4 aromatic rings. The number of esters is 1. The standard InChI is InChI=1S/C33H33ClN4O4S/c1-4-18-42-31(39)29-22(3)35-32-36-33(43-21-25-13-9-10-14-26(25)34)37-38(32)30(29)24-15-16-27(28(20-24)40-5-2)41-19-17-23-11-7-6-8-12-23/h4,6-16,20,30H,1,5,17-19,21H2,2-3H3,(H,35,36,37). The average molecular weight is 617 g/mol. The highest BCUT2D eigenvalue weighted by Gasteiger charge is 2.36. The number of nitrogens with zero attached hydrogens (tertiary/aromatic N) is 3. The van der Waals surface area contributed by atoms with E-state index in [1.54, 1.807) is 4.68 Å². The van der Waals surface area contributed by atoms with E-state index in [1.165, 1.54) is 23.4 Å². The van der Waals surface area contributed by atoms with Crippen LogP contribution in [0, 0.1) is 0 Å². The van der Waals surface area contributed by atoms with Crippen LogP contribution in [0.5, 0.6) is 11.5 Å². The van der Waals surface area contributed by atoms with Gasteiger partial charge in [0.15, 0.2) is 11.5 Å². The molecule has 0 saturated carbocycles. The summed E-state index contributed by atoms with van der Waals surface area (Å²) < 4.78 is 19.4. The first-order valence-corrected chi connectivity index (χ1v) is 15.4. The molecule has 0 spiro atoms. The molecule has 0 radical (unpaired) electrons. The molecule has 43 heavy (non-hydrogen) atoms. The van der Waals surface area contributed by atoms with E-state index < -0.39 is 12.0 Å². The quantitative estimate of drug-likeness (QED) is 0.0954. The van der Waals surface area contributed by atoms with Crippen molar-refractivity contribution in [1.82, 2.24) is 14.8 Å². The summed E-state index contributed by atoms with van der Waals surface area (Å²) in [5.41, 5.74) is 4.00. The van der Waals surface area contributed by atoms with Gasteiger partial charge in [-0.25, -0.2) is 9.48 Å². The van der Waals surface area contributed by atoms with Gasteiger partial charge in [-0.1, -0.05) is 90.6 Å². The normalized spacial score (nSPS) is 14.1. The van der Waals surface area contributed by atoms with Crippen LogP contribution in [0.1, 0.15) is 36.6 Å². The van der Waals surface area contributed by atoms with Crippen LogP contribution >= 0.6 is 23.4 Å². The van der Waals surface area contributed by atoms with Crippen LogP contribution in [0.2, 0.25) is 5.02 Å². The average Bonchev–Trinajstić information content (AvgIpc) is 3.42. The molecular weight excluding hydrogens is 584 g/mol. The highest BCUT2D eigenvalue weighted by Crippen LogP contribution is 2.40. The van der Waals surface area contributed by atoms with E-state index in [1.807, 2.05) is 74.5 Å². The number of aromatic nitrogens is 3. The Morgan fingerprint density at radius 2 is 1.88 bits per heavy atom. The Balaban J connectivity index is 1.46. The third kappa shape index (κ3) is 7.24. The van der Waals surface area contributed by atoms with E-state index in [0.29, 0.717) is 57.9 Å². The van der Waals surface area contributed by atoms with Gasteiger partial charge in [-0.05, 0) is 48.7 Å². The Labute approximate surface area is 260 Å². The molecule has 10 heteroatoms. The minimum atomic E-state index is -0.617. The summed E-state index contributed by atoms with van der Waals surface area (Å²) in [5.74, 6) is 1.85. The number of carbonyl (C=O) groups excluding carboxylic acids is 1. The monoisotopic (exact) mass is 616 g/mol. The molecule has 0 saturated heterocycles. The SMILES string of the molecule is C=CCOC(=O)C1=C(C)Nc2nc(SCc3ccccc3Cl)nn2C1c1ccc(OCCc2ccccc2)c(OCC)c1. The fourth-order valence-corrected chi connectivity index (χ4v) is 5.86. The number of benzene rings is 3. The zero-order valence-corrected chi connectivity index (χ0v) is 25.7. The Bertz CT molecular complexity index is 1620. The fraction of sp³-hybridized carbons (Fsp3) is 0.242. The van der Waals surface area contributed by atoms with E-state index in [4.69, 9.17) is 35.9 Å². The van der Waals surface area contributed by atoms with Gasteiger partial charge in [-0.15, -0.1) is 5.10 Å². The summed E-state index contributed by atoms with van der Waals surface area (Å²) in [6.07, 6.45) is 2.30.